The minimum Gasteiger partial charge on any atom is -0.396 e. The molecule has 4 atom stereocenters. The van der Waals surface area contributed by atoms with E-state index in [2.05, 4.69) is 15.6 Å². The summed E-state index contributed by atoms with van der Waals surface area (Å²) in [5.74, 6) is -0.199. The van der Waals surface area contributed by atoms with Crippen molar-refractivity contribution in [2.45, 2.75) is 42.2 Å². The standard InChI is InChI=1S/C25H35N3O9S/c29-8-1-7-26-23-17-11-15(27-13-21(32)24(34)25(35)22(33)14-31)3-5-19(17)28-20-6-4-16(12-18(20)23)38(36,37)10-2-9-30/h3-6,11-12,21-22,24-25,27,29-35H,1-2,7-10,13-14H2,(H,26,28)/t21-,22+,24+,25+/m0/s1. The lowest BCUT2D eigenvalue weighted by atomic mass is 10.0. The number of aliphatic hydroxyl groups is 7. The van der Waals surface area contributed by atoms with Crippen molar-refractivity contribution in [1.29, 1.82) is 0 Å². The Hall–Kier alpha value is -2.62. The van der Waals surface area contributed by atoms with Crippen LogP contribution in [0, 0.1) is 0 Å². The van der Waals surface area contributed by atoms with Crippen LogP contribution >= 0.6 is 0 Å². The van der Waals surface area contributed by atoms with Gasteiger partial charge in [-0.2, -0.15) is 0 Å². The largest absolute Gasteiger partial charge is 0.396 e. The van der Waals surface area contributed by atoms with Crippen LogP contribution in [0.3, 0.4) is 0 Å². The van der Waals surface area contributed by atoms with Gasteiger partial charge >= 0.3 is 0 Å². The first kappa shape index (κ1) is 29.9. The first-order valence-corrected chi connectivity index (χ1v) is 13.9. The van der Waals surface area contributed by atoms with Gasteiger partial charge in [-0.3, -0.25) is 0 Å². The van der Waals surface area contributed by atoms with Gasteiger partial charge < -0.3 is 46.4 Å². The summed E-state index contributed by atoms with van der Waals surface area (Å²) in [4.78, 5) is 4.74. The first-order chi connectivity index (χ1) is 18.1. The molecule has 1 aromatic heterocycles. The van der Waals surface area contributed by atoms with Gasteiger partial charge in [-0.05, 0) is 49.2 Å². The molecule has 13 heteroatoms. The summed E-state index contributed by atoms with van der Waals surface area (Å²) < 4.78 is 25.5. The Bertz CT molecular complexity index is 1320. The van der Waals surface area contributed by atoms with Crippen LogP contribution in [0.5, 0.6) is 0 Å². The van der Waals surface area contributed by atoms with Gasteiger partial charge in [-0.1, -0.05) is 0 Å². The molecule has 12 nitrogen and oxygen atoms in total. The molecule has 0 saturated carbocycles. The number of aliphatic hydroxyl groups excluding tert-OH is 7. The van der Waals surface area contributed by atoms with Gasteiger partial charge in [0.1, 0.15) is 18.3 Å². The molecule has 38 heavy (non-hydrogen) atoms. The van der Waals surface area contributed by atoms with Crippen molar-refractivity contribution in [2.75, 3.05) is 49.3 Å². The number of fused-ring (bicyclic) bond motifs is 2. The predicted molar refractivity (Wildman–Crippen MR) is 143 cm³/mol. The summed E-state index contributed by atoms with van der Waals surface area (Å²) in [6, 6.07) is 9.79. The number of hydrogen-bond donors (Lipinski definition) is 9. The van der Waals surface area contributed by atoms with Gasteiger partial charge in [0.05, 0.1) is 40.1 Å². The summed E-state index contributed by atoms with van der Waals surface area (Å²) in [6.45, 7) is -0.849. The number of aromatic nitrogens is 1. The molecule has 0 fully saturated rings. The summed E-state index contributed by atoms with van der Waals surface area (Å²) in [5, 5.41) is 74.2. The molecule has 210 valence electrons. The van der Waals surface area contributed by atoms with Gasteiger partial charge in [0.25, 0.3) is 0 Å². The van der Waals surface area contributed by atoms with E-state index in [1.54, 1.807) is 24.3 Å². The van der Waals surface area contributed by atoms with E-state index in [0.717, 1.165) is 0 Å². The highest BCUT2D eigenvalue weighted by Gasteiger charge is 2.29. The Morgan fingerprint density at radius 3 is 2.08 bits per heavy atom. The first-order valence-electron chi connectivity index (χ1n) is 12.3. The van der Waals surface area contributed by atoms with Crippen LogP contribution in [0.2, 0.25) is 0 Å². The van der Waals surface area contributed by atoms with E-state index < -0.39 is 40.9 Å². The van der Waals surface area contributed by atoms with Crippen LogP contribution < -0.4 is 10.6 Å². The average molecular weight is 554 g/mol. The van der Waals surface area contributed by atoms with E-state index in [0.29, 0.717) is 46.1 Å². The van der Waals surface area contributed by atoms with E-state index in [1.165, 1.54) is 12.1 Å². The Labute approximate surface area is 220 Å². The molecule has 0 radical (unpaired) electrons. The van der Waals surface area contributed by atoms with Crippen molar-refractivity contribution in [3.8, 4) is 0 Å². The highest BCUT2D eigenvalue weighted by Crippen LogP contribution is 2.34. The van der Waals surface area contributed by atoms with E-state index in [4.69, 9.17) is 10.2 Å². The zero-order valence-electron chi connectivity index (χ0n) is 20.7. The lowest BCUT2D eigenvalue weighted by molar-refractivity contribution is -0.111. The van der Waals surface area contributed by atoms with Gasteiger partial charge in [-0.25, -0.2) is 13.4 Å². The molecule has 0 spiro atoms. The molecule has 3 rings (SSSR count). The van der Waals surface area contributed by atoms with Crippen molar-refractivity contribution >= 4 is 43.0 Å². The second-order valence-corrected chi connectivity index (χ2v) is 11.1. The fraction of sp³-hybridized carbons (Fsp3) is 0.480. The summed E-state index contributed by atoms with van der Waals surface area (Å²) in [7, 11) is -3.63. The van der Waals surface area contributed by atoms with Crippen molar-refractivity contribution in [1.82, 2.24) is 4.98 Å². The van der Waals surface area contributed by atoms with Crippen LogP contribution in [0.25, 0.3) is 21.8 Å². The Balaban J connectivity index is 1.98. The topological polar surface area (TPSA) is 213 Å². The molecular formula is C25H35N3O9S. The third kappa shape index (κ3) is 7.07. The summed E-state index contributed by atoms with van der Waals surface area (Å²) in [5.41, 5.74) is 2.29. The van der Waals surface area contributed by atoms with Crippen LogP contribution in [0.1, 0.15) is 12.8 Å². The lowest BCUT2D eigenvalue weighted by Gasteiger charge is -2.26. The van der Waals surface area contributed by atoms with Gasteiger partial charge in [0.15, 0.2) is 9.84 Å². The molecule has 2 aromatic carbocycles. The minimum absolute atomic E-state index is 0.0431. The van der Waals surface area contributed by atoms with Gasteiger partial charge in [-0.15, -0.1) is 0 Å². The van der Waals surface area contributed by atoms with Crippen molar-refractivity contribution in [2.24, 2.45) is 0 Å². The van der Waals surface area contributed by atoms with Crippen molar-refractivity contribution < 1.29 is 44.2 Å². The van der Waals surface area contributed by atoms with Crippen LogP contribution in [-0.4, -0.2) is 112 Å². The third-order valence-corrected chi connectivity index (χ3v) is 7.95. The normalized spacial score (nSPS) is 15.3. The zero-order chi connectivity index (χ0) is 27.9. The number of nitrogens with zero attached hydrogens (tertiary/aromatic N) is 1. The molecule has 0 saturated heterocycles. The Morgan fingerprint density at radius 2 is 1.42 bits per heavy atom. The van der Waals surface area contributed by atoms with E-state index in [1.807, 2.05) is 0 Å². The highest BCUT2D eigenvalue weighted by molar-refractivity contribution is 7.91. The number of rotatable bonds is 15. The molecule has 0 aliphatic heterocycles. The smallest absolute Gasteiger partial charge is 0.178 e. The Morgan fingerprint density at radius 1 is 0.789 bits per heavy atom. The molecule has 0 aliphatic rings. The van der Waals surface area contributed by atoms with E-state index in [9.17, 15) is 34.0 Å². The second kappa shape index (κ2) is 13.4. The number of anilines is 2. The van der Waals surface area contributed by atoms with E-state index >= 15 is 0 Å². The number of benzene rings is 2. The van der Waals surface area contributed by atoms with Gasteiger partial charge in [0.2, 0.25) is 0 Å². The molecule has 9 N–H and O–H groups in total. The minimum atomic E-state index is -3.63. The fourth-order valence-corrected chi connectivity index (χ4v) is 5.30. The van der Waals surface area contributed by atoms with Crippen LogP contribution in [-0.2, 0) is 9.84 Å². The van der Waals surface area contributed by atoms with E-state index in [-0.39, 0.29) is 36.8 Å². The number of hydrogen-bond acceptors (Lipinski definition) is 12. The zero-order valence-corrected chi connectivity index (χ0v) is 21.5. The molecule has 1 heterocycles. The molecule has 0 aliphatic carbocycles. The van der Waals surface area contributed by atoms with Crippen molar-refractivity contribution in [3.05, 3.63) is 36.4 Å². The van der Waals surface area contributed by atoms with Gasteiger partial charge in [0, 0.05) is 42.8 Å². The van der Waals surface area contributed by atoms with Crippen molar-refractivity contribution in [3.63, 3.8) is 0 Å². The molecule has 0 bridgehead atoms. The quantitative estimate of drug-likeness (QED) is 0.0835. The maximum Gasteiger partial charge on any atom is 0.178 e. The predicted octanol–water partition coefficient (Wildman–Crippen LogP) is -0.814. The molecule has 3 aromatic rings. The monoisotopic (exact) mass is 553 g/mol. The number of pyridine rings is 1. The average Bonchev–Trinajstić information content (AvgIpc) is 2.92. The highest BCUT2D eigenvalue weighted by atomic mass is 32.2. The molecular weight excluding hydrogens is 518 g/mol. The Kier molecular flexibility index (Phi) is 10.6. The number of sulfone groups is 1. The maximum absolute atomic E-state index is 12.8. The number of nitrogens with one attached hydrogen (secondary N) is 2. The lowest BCUT2D eigenvalue weighted by Crippen LogP contribution is -2.47. The third-order valence-electron chi connectivity index (χ3n) is 6.15. The van der Waals surface area contributed by atoms with Crippen LogP contribution in [0.4, 0.5) is 11.4 Å². The molecule has 0 unspecified atom stereocenters. The second-order valence-electron chi connectivity index (χ2n) is 8.98. The fourth-order valence-electron chi connectivity index (χ4n) is 3.99. The summed E-state index contributed by atoms with van der Waals surface area (Å²) in [6.07, 6.45) is -5.96. The SMILES string of the molecule is O=S(=O)(CCCO)c1ccc2nc3ccc(NC[C@H](O)[C@@H](O)[C@H](O)[C@H](O)CO)cc3c(NCCCO)c2c1. The maximum atomic E-state index is 12.8. The molecule has 0 amide bonds. The van der Waals surface area contributed by atoms with Crippen LogP contribution in [0.15, 0.2) is 41.3 Å². The summed E-state index contributed by atoms with van der Waals surface area (Å²) >= 11 is 0.